The Kier molecular flexibility index (Phi) is 2.92. The number of amides is 2. The molecule has 106 valence electrons. The van der Waals surface area contributed by atoms with Gasteiger partial charge < -0.3 is 14.9 Å². The molecule has 2 aliphatic heterocycles. The predicted octanol–water partition coefficient (Wildman–Crippen LogP) is 2.06. The van der Waals surface area contributed by atoms with Crippen LogP contribution in [0.15, 0.2) is 24.3 Å². The Morgan fingerprint density at radius 1 is 1.20 bits per heavy atom. The summed E-state index contributed by atoms with van der Waals surface area (Å²) < 4.78 is 0. The molecule has 1 N–H and O–H groups in total. The molecule has 0 radical (unpaired) electrons. The van der Waals surface area contributed by atoms with Crippen molar-refractivity contribution in [1.82, 2.24) is 9.80 Å². The van der Waals surface area contributed by atoms with Crippen LogP contribution < -0.4 is 0 Å². The van der Waals surface area contributed by atoms with Gasteiger partial charge in [0, 0.05) is 19.6 Å². The number of aliphatic carboxylic acids is 1. The summed E-state index contributed by atoms with van der Waals surface area (Å²) >= 11 is 0. The van der Waals surface area contributed by atoms with Crippen LogP contribution in [-0.4, -0.2) is 39.0 Å². The van der Waals surface area contributed by atoms with Crippen LogP contribution in [-0.2, 0) is 17.9 Å². The number of benzene rings is 1. The highest BCUT2D eigenvalue weighted by Gasteiger charge is 2.47. The summed E-state index contributed by atoms with van der Waals surface area (Å²) in [7, 11) is 0. The minimum absolute atomic E-state index is 0.163. The number of carbonyl (C=O) groups is 2. The van der Waals surface area contributed by atoms with Crippen LogP contribution in [0.25, 0.3) is 0 Å². The number of carboxylic acid groups (broad SMARTS) is 1. The van der Waals surface area contributed by atoms with Crippen molar-refractivity contribution in [2.45, 2.75) is 38.4 Å². The van der Waals surface area contributed by atoms with E-state index in [1.807, 2.05) is 24.3 Å². The van der Waals surface area contributed by atoms with E-state index in [1.165, 1.54) is 4.90 Å². The number of nitrogens with zero attached hydrogens (tertiary/aromatic N) is 2. The maximum Gasteiger partial charge on any atom is 0.329 e. The fourth-order valence-corrected chi connectivity index (χ4v) is 3.13. The summed E-state index contributed by atoms with van der Waals surface area (Å²) in [4.78, 5) is 27.3. The second kappa shape index (κ2) is 4.51. The number of fused-ring (bicyclic) bond motifs is 1. The number of carbonyl (C=O) groups excluding carboxylic acids is 1. The van der Waals surface area contributed by atoms with E-state index < -0.39 is 11.5 Å². The van der Waals surface area contributed by atoms with Crippen LogP contribution >= 0.6 is 0 Å². The summed E-state index contributed by atoms with van der Waals surface area (Å²) in [5.41, 5.74) is 1.24. The average Bonchev–Trinajstić information content (AvgIpc) is 3.02. The van der Waals surface area contributed by atoms with Gasteiger partial charge in [0.05, 0.1) is 0 Å². The molecule has 2 aliphatic rings. The van der Waals surface area contributed by atoms with E-state index >= 15 is 0 Å². The first-order valence-electron chi connectivity index (χ1n) is 6.89. The molecule has 1 aromatic carbocycles. The second-order valence-corrected chi connectivity index (χ2v) is 5.74. The summed E-state index contributed by atoms with van der Waals surface area (Å²) in [6, 6.07) is 7.80. The molecule has 1 atom stereocenters. The molecule has 2 amide bonds. The van der Waals surface area contributed by atoms with E-state index in [9.17, 15) is 14.7 Å². The Hall–Kier alpha value is -2.04. The van der Waals surface area contributed by atoms with Crippen molar-refractivity contribution in [2.75, 3.05) is 6.54 Å². The van der Waals surface area contributed by atoms with E-state index in [0.29, 0.717) is 26.1 Å². The highest BCUT2D eigenvalue weighted by Crippen LogP contribution is 2.32. The van der Waals surface area contributed by atoms with Crippen molar-refractivity contribution < 1.29 is 14.7 Å². The molecule has 20 heavy (non-hydrogen) atoms. The third-order valence-corrected chi connectivity index (χ3v) is 4.44. The highest BCUT2D eigenvalue weighted by molar-refractivity contribution is 5.87. The predicted molar refractivity (Wildman–Crippen MR) is 73.1 cm³/mol. The molecule has 5 nitrogen and oxygen atoms in total. The first-order valence-corrected chi connectivity index (χ1v) is 6.89. The van der Waals surface area contributed by atoms with Crippen LogP contribution in [0.1, 0.15) is 30.9 Å². The van der Waals surface area contributed by atoms with Gasteiger partial charge in [-0.25, -0.2) is 9.59 Å². The zero-order valence-electron chi connectivity index (χ0n) is 11.5. The number of hydrogen-bond donors (Lipinski definition) is 1. The van der Waals surface area contributed by atoms with E-state index in [1.54, 1.807) is 11.8 Å². The zero-order chi connectivity index (χ0) is 14.3. The lowest BCUT2D eigenvalue weighted by Crippen LogP contribution is -2.54. The summed E-state index contributed by atoms with van der Waals surface area (Å²) in [5, 5.41) is 9.40. The lowest BCUT2D eigenvalue weighted by atomic mass is 10.00. The van der Waals surface area contributed by atoms with Crippen LogP contribution in [0.4, 0.5) is 4.79 Å². The molecule has 0 saturated carbocycles. The van der Waals surface area contributed by atoms with Crippen molar-refractivity contribution in [2.24, 2.45) is 0 Å². The van der Waals surface area contributed by atoms with Gasteiger partial charge in [-0.15, -0.1) is 0 Å². The van der Waals surface area contributed by atoms with Crippen molar-refractivity contribution >= 4 is 12.0 Å². The molecule has 3 rings (SSSR count). The smallest absolute Gasteiger partial charge is 0.329 e. The minimum Gasteiger partial charge on any atom is -0.480 e. The fourth-order valence-electron chi connectivity index (χ4n) is 3.13. The molecular weight excluding hydrogens is 256 g/mol. The Bertz CT molecular complexity index is 547. The first-order chi connectivity index (χ1) is 9.52. The Morgan fingerprint density at radius 2 is 1.80 bits per heavy atom. The van der Waals surface area contributed by atoms with Gasteiger partial charge in [0.2, 0.25) is 0 Å². The van der Waals surface area contributed by atoms with E-state index in [2.05, 4.69) is 0 Å². The van der Waals surface area contributed by atoms with Crippen LogP contribution in [0.2, 0.25) is 0 Å². The Balaban J connectivity index is 1.80. The second-order valence-electron chi connectivity index (χ2n) is 5.74. The maximum atomic E-state index is 12.6. The minimum atomic E-state index is -1.06. The Labute approximate surface area is 117 Å². The van der Waals surface area contributed by atoms with Gasteiger partial charge in [0.15, 0.2) is 0 Å². The van der Waals surface area contributed by atoms with Crippen molar-refractivity contribution in [3.05, 3.63) is 35.4 Å². The van der Waals surface area contributed by atoms with Gasteiger partial charge in [0.25, 0.3) is 0 Å². The standard InChI is InChI=1S/C15H18N2O3/c1-15(13(18)19)7-4-8-17(15)14(20)16-9-11-5-2-3-6-12(11)10-16/h2-3,5-6H,4,7-10H2,1H3,(H,18,19). The number of rotatable bonds is 1. The molecule has 0 aliphatic carbocycles. The van der Waals surface area contributed by atoms with Gasteiger partial charge in [-0.3, -0.25) is 0 Å². The van der Waals surface area contributed by atoms with Gasteiger partial charge >= 0.3 is 12.0 Å². The van der Waals surface area contributed by atoms with Crippen molar-refractivity contribution in [3.63, 3.8) is 0 Å². The topological polar surface area (TPSA) is 60.9 Å². The lowest BCUT2D eigenvalue weighted by Gasteiger charge is -2.34. The average molecular weight is 274 g/mol. The van der Waals surface area contributed by atoms with Crippen LogP contribution in [0.5, 0.6) is 0 Å². The molecule has 1 fully saturated rings. The maximum absolute atomic E-state index is 12.6. The molecule has 0 aromatic heterocycles. The lowest BCUT2D eigenvalue weighted by molar-refractivity contribution is -0.147. The van der Waals surface area contributed by atoms with E-state index in [-0.39, 0.29) is 6.03 Å². The number of carboxylic acids is 1. The summed E-state index contributed by atoms with van der Waals surface area (Å²) in [6.45, 7) is 3.31. The van der Waals surface area contributed by atoms with Crippen LogP contribution in [0, 0.1) is 0 Å². The first kappa shape index (κ1) is 13.0. The van der Waals surface area contributed by atoms with Crippen molar-refractivity contribution in [1.29, 1.82) is 0 Å². The fraction of sp³-hybridized carbons (Fsp3) is 0.467. The van der Waals surface area contributed by atoms with E-state index in [4.69, 9.17) is 0 Å². The largest absolute Gasteiger partial charge is 0.480 e. The third-order valence-electron chi connectivity index (χ3n) is 4.44. The summed E-state index contributed by atoms with van der Waals surface area (Å²) in [6.07, 6.45) is 1.27. The molecule has 5 heteroatoms. The van der Waals surface area contributed by atoms with Gasteiger partial charge in [-0.1, -0.05) is 24.3 Å². The molecular formula is C15H18N2O3. The molecule has 0 spiro atoms. The quantitative estimate of drug-likeness (QED) is 0.852. The molecule has 1 unspecified atom stereocenters. The van der Waals surface area contributed by atoms with Crippen LogP contribution in [0.3, 0.4) is 0 Å². The molecule has 2 heterocycles. The number of urea groups is 1. The summed E-state index contributed by atoms with van der Waals surface area (Å²) in [5.74, 6) is -0.917. The van der Waals surface area contributed by atoms with Gasteiger partial charge in [0.1, 0.15) is 5.54 Å². The zero-order valence-corrected chi connectivity index (χ0v) is 11.5. The normalized spacial score (nSPS) is 24.9. The number of likely N-dealkylation sites (tertiary alicyclic amines) is 1. The van der Waals surface area contributed by atoms with Gasteiger partial charge in [-0.05, 0) is 30.9 Å². The van der Waals surface area contributed by atoms with Crippen molar-refractivity contribution in [3.8, 4) is 0 Å². The van der Waals surface area contributed by atoms with E-state index in [0.717, 1.165) is 17.5 Å². The monoisotopic (exact) mass is 274 g/mol. The Morgan fingerprint density at radius 3 is 2.35 bits per heavy atom. The molecule has 0 bridgehead atoms. The highest BCUT2D eigenvalue weighted by atomic mass is 16.4. The molecule has 1 aromatic rings. The molecule has 1 saturated heterocycles. The number of hydrogen-bond acceptors (Lipinski definition) is 2. The SMILES string of the molecule is CC1(C(=O)O)CCCN1C(=O)N1Cc2ccccc2C1. The van der Waals surface area contributed by atoms with Gasteiger partial charge in [-0.2, -0.15) is 0 Å². The third kappa shape index (κ3) is 1.85.